The van der Waals surface area contributed by atoms with Crippen molar-refractivity contribution in [1.29, 1.82) is 0 Å². The van der Waals surface area contributed by atoms with Crippen LogP contribution in [0.4, 0.5) is 10.5 Å². The number of nitrogens with zero attached hydrogens (tertiary/aromatic N) is 2. The summed E-state index contributed by atoms with van der Waals surface area (Å²) in [4.78, 5) is 17.0. The summed E-state index contributed by atoms with van der Waals surface area (Å²) in [7, 11) is 1.58. The molecule has 0 aromatic heterocycles. The fourth-order valence-corrected chi connectivity index (χ4v) is 3.75. The van der Waals surface area contributed by atoms with Gasteiger partial charge in [-0.2, -0.15) is 0 Å². The number of likely N-dealkylation sites (tertiary alicyclic amines) is 2. The minimum absolute atomic E-state index is 0.0343. The fraction of sp³-hybridized carbons (Fsp3) is 0.588. The third-order valence-corrected chi connectivity index (χ3v) is 5.00. The van der Waals surface area contributed by atoms with Crippen LogP contribution in [0.1, 0.15) is 25.7 Å². The number of rotatable bonds is 4. The second-order valence-corrected chi connectivity index (χ2v) is 6.68. The molecule has 0 unspecified atom stereocenters. The van der Waals surface area contributed by atoms with E-state index in [1.807, 2.05) is 11.0 Å². The zero-order valence-electron chi connectivity index (χ0n) is 13.6. The van der Waals surface area contributed by atoms with E-state index in [9.17, 15) is 4.79 Å². The summed E-state index contributed by atoms with van der Waals surface area (Å²) >= 11 is 6.12. The molecule has 2 aliphatic rings. The Balaban J connectivity index is 1.61. The van der Waals surface area contributed by atoms with E-state index in [0.717, 1.165) is 25.9 Å². The summed E-state index contributed by atoms with van der Waals surface area (Å²) in [6, 6.07) is 5.59. The van der Waals surface area contributed by atoms with Crippen LogP contribution >= 0.6 is 11.6 Å². The quantitative estimate of drug-likeness (QED) is 0.915. The largest absolute Gasteiger partial charge is 0.495 e. The van der Waals surface area contributed by atoms with Gasteiger partial charge in [-0.05, 0) is 57.0 Å². The van der Waals surface area contributed by atoms with Crippen molar-refractivity contribution in [3.05, 3.63) is 23.2 Å². The Labute approximate surface area is 142 Å². The molecule has 2 aliphatic heterocycles. The molecule has 2 saturated heterocycles. The maximum absolute atomic E-state index is 12.6. The molecule has 2 heterocycles. The molecular formula is C17H24ClN3O2. The van der Waals surface area contributed by atoms with E-state index in [1.54, 1.807) is 19.2 Å². The lowest BCUT2D eigenvalue weighted by molar-refractivity contribution is 0.186. The number of amides is 2. The van der Waals surface area contributed by atoms with Gasteiger partial charge in [0, 0.05) is 24.8 Å². The van der Waals surface area contributed by atoms with Crippen molar-refractivity contribution in [3.63, 3.8) is 0 Å². The average Bonchev–Trinajstić information content (AvgIpc) is 3.19. The zero-order valence-corrected chi connectivity index (χ0v) is 14.3. The van der Waals surface area contributed by atoms with Gasteiger partial charge in [0.25, 0.3) is 0 Å². The van der Waals surface area contributed by atoms with Crippen LogP contribution in [0, 0.1) is 0 Å². The smallest absolute Gasteiger partial charge is 0.322 e. The Kier molecular flexibility index (Phi) is 5.28. The molecule has 1 aromatic carbocycles. The lowest BCUT2D eigenvalue weighted by Crippen LogP contribution is -2.44. The van der Waals surface area contributed by atoms with Crippen molar-refractivity contribution in [1.82, 2.24) is 9.80 Å². The molecule has 0 saturated carbocycles. The van der Waals surface area contributed by atoms with Gasteiger partial charge < -0.3 is 19.9 Å². The van der Waals surface area contributed by atoms with Gasteiger partial charge in [-0.25, -0.2) is 4.79 Å². The van der Waals surface area contributed by atoms with Crippen molar-refractivity contribution in [2.45, 2.75) is 31.7 Å². The topological polar surface area (TPSA) is 44.8 Å². The van der Waals surface area contributed by atoms with E-state index in [2.05, 4.69) is 10.2 Å². The Bertz CT molecular complexity index is 561. The predicted octanol–water partition coefficient (Wildman–Crippen LogP) is 3.44. The molecule has 0 aliphatic carbocycles. The molecule has 23 heavy (non-hydrogen) atoms. The van der Waals surface area contributed by atoms with E-state index < -0.39 is 0 Å². The number of urea groups is 1. The molecule has 1 N–H and O–H groups in total. The number of carbonyl (C=O) groups is 1. The van der Waals surface area contributed by atoms with Crippen LogP contribution < -0.4 is 10.1 Å². The van der Waals surface area contributed by atoms with Gasteiger partial charge in [-0.15, -0.1) is 0 Å². The maximum atomic E-state index is 12.6. The van der Waals surface area contributed by atoms with Gasteiger partial charge in [-0.1, -0.05) is 11.6 Å². The number of benzene rings is 1. The number of carbonyl (C=O) groups excluding carboxylic acids is 1. The molecule has 2 fully saturated rings. The van der Waals surface area contributed by atoms with Crippen LogP contribution in [0.2, 0.25) is 5.02 Å². The van der Waals surface area contributed by atoms with Gasteiger partial charge >= 0.3 is 6.03 Å². The third kappa shape index (κ3) is 3.90. The molecule has 0 radical (unpaired) electrons. The van der Waals surface area contributed by atoms with Crippen LogP contribution in [-0.2, 0) is 0 Å². The first kappa shape index (κ1) is 16.4. The van der Waals surface area contributed by atoms with Crippen LogP contribution in [0.15, 0.2) is 18.2 Å². The second kappa shape index (κ2) is 7.41. The average molecular weight is 338 g/mol. The molecule has 1 atom stereocenters. The SMILES string of the molecule is COc1ccc(NC(=O)N2CCC[C@H]2CN2CCCC2)cc1Cl. The van der Waals surface area contributed by atoms with Crippen LogP contribution in [0.5, 0.6) is 5.75 Å². The summed E-state index contributed by atoms with van der Waals surface area (Å²) in [6.07, 6.45) is 4.73. The van der Waals surface area contributed by atoms with Crippen molar-refractivity contribution in [3.8, 4) is 5.75 Å². The monoisotopic (exact) mass is 337 g/mol. The molecule has 0 spiro atoms. The summed E-state index contributed by atoms with van der Waals surface area (Å²) in [6.45, 7) is 4.16. The number of anilines is 1. The fourth-order valence-electron chi connectivity index (χ4n) is 3.50. The minimum atomic E-state index is -0.0343. The van der Waals surface area contributed by atoms with Crippen LogP contribution in [0.3, 0.4) is 0 Å². The third-order valence-electron chi connectivity index (χ3n) is 4.71. The van der Waals surface area contributed by atoms with E-state index in [-0.39, 0.29) is 6.03 Å². The summed E-state index contributed by atoms with van der Waals surface area (Å²) in [5.74, 6) is 0.609. The maximum Gasteiger partial charge on any atom is 0.322 e. The highest BCUT2D eigenvalue weighted by Crippen LogP contribution is 2.28. The summed E-state index contributed by atoms with van der Waals surface area (Å²) < 4.78 is 5.14. The number of hydrogen-bond acceptors (Lipinski definition) is 3. The van der Waals surface area contributed by atoms with Crippen molar-refractivity contribution in [2.24, 2.45) is 0 Å². The molecule has 1 aromatic rings. The Morgan fingerprint density at radius 2 is 2.09 bits per heavy atom. The molecular weight excluding hydrogens is 314 g/mol. The van der Waals surface area contributed by atoms with Gasteiger partial charge in [0.1, 0.15) is 5.75 Å². The van der Waals surface area contributed by atoms with Gasteiger partial charge in [0.05, 0.1) is 12.1 Å². The molecule has 0 bridgehead atoms. The lowest BCUT2D eigenvalue weighted by Gasteiger charge is -2.28. The number of nitrogens with one attached hydrogen (secondary N) is 1. The van der Waals surface area contributed by atoms with Crippen LogP contribution in [0.25, 0.3) is 0 Å². The lowest BCUT2D eigenvalue weighted by atomic mass is 10.2. The number of ether oxygens (including phenoxy) is 1. The zero-order chi connectivity index (χ0) is 16.2. The number of hydrogen-bond donors (Lipinski definition) is 1. The first-order valence-corrected chi connectivity index (χ1v) is 8.68. The summed E-state index contributed by atoms with van der Waals surface area (Å²) in [5.41, 5.74) is 0.702. The van der Waals surface area contributed by atoms with E-state index in [1.165, 1.54) is 25.9 Å². The second-order valence-electron chi connectivity index (χ2n) is 6.28. The highest BCUT2D eigenvalue weighted by Gasteiger charge is 2.30. The molecule has 5 nitrogen and oxygen atoms in total. The highest BCUT2D eigenvalue weighted by molar-refractivity contribution is 6.32. The normalized spacial score (nSPS) is 21.7. The van der Waals surface area contributed by atoms with Gasteiger partial charge in [-0.3, -0.25) is 0 Å². The molecule has 126 valence electrons. The molecule has 6 heteroatoms. The number of halogens is 1. The molecule has 3 rings (SSSR count). The number of methoxy groups -OCH3 is 1. The minimum Gasteiger partial charge on any atom is -0.495 e. The first-order chi connectivity index (χ1) is 11.2. The summed E-state index contributed by atoms with van der Waals surface area (Å²) in [5, 5.41) is 3.46. The van der Waals surface area contributed by atoms with Crippen molar-refractivity contribution < 1.29 is 9.53 Å². The highest BCUT2D eigenvalue weighted by atomic mass is 35.5. The predicted molar refractivity (Wildman–Crippen MR) is 92.4 cm³/mol. The Morgan fingerprint density at radius 1 is 1.30 bits per heavy atom. The van der Waals surface area contributed by atoms with Crippen molar-refractivity contribution in [2.75, 3.05) is 38.6 Å². The van der Waals surface area contributed by atoms with E-state index >= 15 is 0 Å². The molecule has 2 amide bonds. The van der Waals surface area contributed by atoms with Crippen molar-refractivity contribution >= 4 is 23.3 Å². The standard InChI is InChI=1S/C17H24ClN3O2/c1-23-16-7-6-13(11-15(16)18)19-17(22)21-10-4-5-14(21)12-20-8-2-3-9-20/h6-7,11,14H,2-5,8-10,12H2,1H3,(H,19,22)/t14-/m0/s1. The van der Waals surface area contributed by atoms with E-state index in [4.69, 9.17) is 16.3 Å². The first-order valence-electron chi connectivity index (χ1n) is 8.31. The van der Waals surface area contributed by atoms with E-state index in [0.29, 0.717) is 22.5 Å². The Hall–Kier alpha value is -1.46. The van der Waals surface area contributed by atoms with Crippen LogP contribution in [-0.4, -0.2) is 55.2 Å². The van der Waals surface area contributed by atoms with Gasteiger partial charge in [0.2, 0.25) is 0 Å². The van der Waals surface area contributed by atoms with Gasteiger partial charge in [0.15, 0.2) is 0 Å². The Morgan fingerprint density at radius 3 is 2.78 bits per heavy atom.